The van der Waals surface area contributed by atoms with E-state index in [1.54, 1.807) is 19.6 Å². The van der Waals surface area contributed by atoms with E-state index < -0.39 is 0 Å². The fourth-order valence-corrected chi connectivity index (χ4v) is 8.42. The number of methoxy groups -OCH3 is 1. The van der Waals surface area contributed by atoms with E-state index in [0.717, 1.165) is 31.2 Å². The molecule has 6 rings (SSSR count). The molecule has 3 fully saturated rings. The minimum absolute atomic E-state index is 0.0113. The van der Waals surface area contributed by atoms with Crippen molar-refractivity contribution in [1.82, 2.24) is 0 Å². The number of Topliss-reactive ketones (excluding diaryl/α,β-unsaturated/α-hetero) is 1. The molecule has 0 heterocycles. The summed E-state index contributed by atoms with van der Waals surface area (Å²) in [6.45, 7) is 5.45. The van der Waals surface area contributed by atoms with Gasteiger partial charge in [0.05, 0.1) is 18.8 Å². The summed E-state index contributed by atoms with van der Waals surface area (Å²) in [7, 11) is 1.74. The first kappa shape index (κ1) is 22.4. The molecule has 0 unspecified atom stereocenters. The normalized spacial score (nSPS) is 38.0. The summed E-state index contributed by atoms with van der Waals surface area (Å²) in [5.41, 5.74) is 6.59. The van der Waals surface area contributed by atoms with Crippen molar-refractivity contribution in [2.24, 2.45) is 23.2 Å². The molecule has 3 saturated carbocycles. The van der Waals surface area contributed by atoms with Crippen molar-refractivity contribution in [1.29, 1.82) is 0 Å². The predicted molar refractivity (Wildman–Crippen MR) is 131 cm³/mol. The molecular weight excluding hydrogens is 424 g/mol. The summed E-state index contributed by atoms with van der Waals surface area (Å²) in [5.74, 6) is 2.58. The zero-order valence-electron chi connectivity index (χ0n) is 20.7. The van der Waals surface area contributed by atoms with Crippen molar-refractivity contribution in [3.05, 3.63) is 58.2 Å². The van der Waals surface area contributed by atoms with Crippen LogP contribution in [-0.2, 0) is 14.3 Å². The second-order valence-electron chi connectivity index (χ2n) is 11.5. The smallest absolute Gasteiger partial charge is 0.159 e. The zero-order chi connectivity index (χ0) is 23.7. The van der Waals surface area contributed by atoms with Crippen molar-refractivity contribution >= 4 is 11.6 Å². The van der Waals surface area contributed by atoms with Crippen LogP contribution in [0, 0.1) is 23.2 Å². The van der Waals surface area contributed by atoms with Crippen LogP contribution in [0.5, 0.6) is 0 Å². The van der Waals surface area contributed by atoms with E-state index in [-0.39, 0.29) is 22.6 Å². The summed E-state index contributed by atoms with van der Waals surface area (Å²) in [4.78, 5) is 24.1. The van der Waals surface area contributed by atoms with Gasteiger partial charge in [-0.3, -0.25) is 9.59 Å². The fraction of sp³-hybridized carbons (Fsp3) is 0.600. The highest BCUT2D eigenvalue weighted by molar-refractivity contribution is 5.94. The molecule has 1 aromatic rings. The summed E-state index contributed by atoms with van der Waals surface area (Å²) in [6.07, 6.45) is 9.16. The number of carbonyl (C=O) groups is 2. The van der Waals surface area contributed by atoms with Gasteiger partial charge >= 0.3 is 0 Å². The molecule has 180 valence electrons. The minimum Gasteiger partial charge on any atom is -0.382 e. The lowest BCUT2D eigenvalue weighted by Crippen LogP contribution is -2.49. The van der Waals surface area contributed by atoms with Crippen molar-refractivity contribution in [3.8, 4) is 0 Å². The third kappa shape index (κ3) is 3.18. The third-order valence-corrected chi connectivity index (χ3v) is 10.0. The Balaban J connectivity index is 1.44. The Kier molecular flexibility index (Phi) is 5.27. The van der Waals surface area contributed by atoms with E-state index in [0.29, 0.717) is 43.3 Å². The largest absolute Gasteiger partial charge is 0.382 e. The van der Waals surface area contributed by atoms with Crippen molar-refractivity contribution in [3.63, 3.8) is 0 Å². The Morgan fingerprint density at radius 3 is 2.62 bits per heavy atom. The molecule has 0 radical (unpaired) electrons. The van der Waals surface area contributed by atoms with Crippen LogP contribution in [-0.4, -0.2) is 37.5 Å². The molecule has 5 aliphatic carbocycles. The van der Waals surface area contributed by atoms with Crippen molar-refractivity contribution < 1.29 is 19.1 Å². The standard InChI is InChI=1S/C30H36O4/c1-18(31)19-4-6-20(7-5-19)26-17-29(2)27(15-22-16-30(22,29)34-13-12-33-3)25-10-8-21-14-23(32)9-11-24(21)28(25)26/h4-7,14,22,25-27H,8-13,15-17H2,1-3H3/t22-,25-,26+,27-,29-,30-/m0/s1. The van der Waals surface area contributed by atoms with Crippen LogP contribution in [0.4, 0.5) is 0 Å². The van der Waals surface area contributed by atoms with Gasteiger partial charge in [-0.1, -0.05) is 36.8 Å². The molecule has 6 atom stereocenters. The lowest BCUT2D eigenvalue weighted by Gasteiger charge is -2.54. The Morgan fingerprint density at radius 1 is 1.09 bits per heavy atom. The monoisotopic (exact) mass is 460 g/mol. The van der Waals surface area contributed by atoms with Crippen LogP contribution in [0.2, 0.25) is 0 Å². The van der Waals surface area contributed by atoms with Gasteiger partial charge in [-0.15, -0.1) is 0 Å². The minimum atomic E-state index is -0.0113. The molecule has 0 bridgehead atoms. The fourth-order valence-electron chi connectivity index (χ4n) is 8.42. The van der Waals surface area contributed by atoms with Gasteiger partial charge in [0, 0.05) is 30.4 Å². The molecule has 4 heteroatoms. The van der Waals surface area contributed by atoms with Gasteiger partial charge in [-0.25, -0.2) is 0 Å². The number of ether oxygens (including phenoxy) is 2. The van der Waals surface area contributed by atoms with Gasteiger partial charge < -0.3 is 9.47 Å². The van der Waals surface area contributed by atoms with E-state index >= 15 is 0 Å². The van der Waals surface area contributed by atoms with Crippen LogP contribution >= 0.6 is 0 Å². The molecule has 0 spiro atoms. The Hall–Kier alpha value is -2.04. The molecule has 1 aromatic carbocycles. The first-order chi connectivity index (χ1) is 16.4. The van der Waals surface area contributed by atoms with Crippen molar-refractivity contribution in [2.45, 2.75) is 70.3 Å². The second kappa shape index (κ2) is 7.99. The summed E-state index contributed by atoms with van der Waals surface area (Å²) in [6, 6.07) is 8.35. The second-order valence-corrected chi connectivity index (χ2v) is 11.5. The van der Waals surface area contributed by atoms with Gasteiger partial charge in [-0.05, 0) is 86.0 Å². The number of ketones is 2. The highest BCUT2D eigenvalue weighted by atomic mass is 16.5. The molecule has 0 aliphatic heterocycles. The van der Waals surface area contributed by atoms with E-state index in [1.807, 2.05) is 18.2 Å². The molecule has 0 N–H and O–H groups in total. The molecular formula is C30H36O4. The molecule has 5 aliphatic rings. The summed E-state index contributed by atoms with van der Waals surface area (Å²) in [5, 5.41) is 0. The Morgan fingerprint density at radius 2 is 1.88 bits per heavy atom. The van der Waals surface area contributed by atoms with E-state index in [9.17, 15) is 9.59 Å². The summed E-state index contributed by atoms with van der Waals surface area (Å²) < 4.78 is 12.0. The van der Waals surface area contributed by atoms with E-state index in [2.05, 4.69) is 19.1 Å². The number of benzene rings is 1. The van der Waals surface area contributed by atoms with Crippen LogP contribution in [0.3, 0.4) is 0 Å². The molecule has 0 amide bonds. The van der Waals surface area contributed by atoms with E-state index in [1.165, 1.54) is 29.6 Å². The van der Waals surface area contributed by atoms with Crippen molar-refractivity contribution in [2.75, 3.05) is 20.3 Å². The zero-order valence-corrected chi connectivity index (χ0v) is 20.7. The Bertz CT molecular complexity index is 1100. The number of rotatable bonds is 6. The lowest BCUT2D eigenvalue weighted by molar-refractivity contribution is -0.114. The number of allylic oxidation sites excluding steroid dienone is 4. The maximum Gasteiger partial charge on any atom is 0.159 e. The number of hydrogen-bond donors (Lipinski definition) is 0. The first-order valence-electron chi connectivity index (χ1n) is 13.1. The van der Waals surface area contributed by atoms with Crippen LogP contribution in [0.15, 0.2) is 47.1 Å². The van der Waals surface area contributed by atoms with Crippen LogP contribution < -0.4 is 0 Å². The molecule has 0 aromatic heterocycles. The number of hydrogen-bond acceptors (Lipinski definition) is 4. The highest BCUT2D eigenvalue weighted by Crippen LogP contribution is 2.77. The lowest BCUT2D eigenvalue weighted by atomic mass is 9.51. The maximum atomic E-state index is 12.2. The topological polar surface area (TPSA) is 52.6 Å². The number of carbonyl (C=O) groups excluding carboxylic acids is 2. The average Bonchev–Trinajstić information content (AvgIpc) is 3.48. The predicted octanol–water partition coefficient (Wildman–Crippen LogP) is 5.82. The van der Waals surface area contributed by atoms with Crippen LogP contribution in [0.25, 0.3) is 0 Å². The SMILES string of the molecule is COCCO[C@@]12C[C@@H]1C[C@H]1[C@@H]3CCC4=CC(=O)CCC4=C3[C@@H](c3ccc(C(C)=O)cc3)C[C@@]12C. The number of fused-ring (bicyclic) bond motifs is 6. The van der Waals surface area contributed by atoms with Gasteiger partial charge in [0.25, 0.3) is 0 Å². The summed E-state index contributed by atoms with van der Waals surface area (Å²) >= 11 is 0. The molecule has 4 nitrogen and oxygen atoms in total. The van der Waals surface area contributed by atoms with Gasteiger partial charge in [0.2, 0.25) is 0 Å². The van der Waals surface area contributed by atoms with Gasteiger partial charge in [0.1, 0.15) is 0 Å². The highest BCUT2D eigenvalue weighted by Gasteiger charge is 2.75. The van der Waals surface area contributed by atoms with E-state index in [4.69, 9.17) is 9.47 Å². The average molecular weight is 461 g/mol. The van der Waals surface area contributed by atoms with Crippen LogP contribution in [0.1, 0.15) is 80.6 Å². The van der Waals surface area contributed by atoms with Gasteiger partial charge in [-0.2, -0.15) is 0 Å². The molecule has 0 saturated heterocycles. The third-order valence-electron chi connectivity index (χ3n) is 10.0. The maximum absolute atomic E-state index is 12.2. The molecule has 34 heavy (non-hydrogen) atoms. The first-order valence-corrected chi connectivity index (χ1v) is 13.1. The Labute approximate surface area is 202 Å². The quantitative estimate of drug-likeness (QED) is 0.396. The van der Waals surface area contributed by atoms with Gasteiger partial charge in [0.15, 0.2) is 11.6 Å².